The second-order valence-corrected chi connectivity index (χ2v) is 4.31. The van der Waals surface area contributed by atoms with Crippen LogP contribution in [0.1, 0.15) is 6.42 Å². The van der Waals surface area contributed by atoms with Crippen molar-refractivity contribution in [3.8, 4) is 0 Å². The highest BCUT2D eigenvalue weighted by atomic mass is 35.5. The van der Waals surface area contributed by atoms with E-state index in [2.05, 4.69) is 15.1 Å². The van der Waals surface area contributed by atoms with E-state index in [1.54, 1.807) is 0 Å². The number of nitrogens with zero attached hydrogens (tertiary/aromatic N) is 2. The molecule has 15 heavy (non-hydrogen) atoms. The monoisotopic (exact) mass is 234 g/mol. The molecule has 0 aromatic carbocycles. The highest BCUT2D eigenvalue weighted by Crippen LogP contribution is 2.11. The van der Waals surface area contributed by atoms with Gasteiger partial charge in [0.25, 0.3) is 0 Å². The Labute approximate surface area is 98.6 Å². The summed E-state index contributed by atoms with van der Waals surface area (Å²) in [6.45, 7) is 9.12. The molecule has 0 aromatic heterocycles. The summed E-state index contributed by atoms with van der Waals surface area (Å²) in [5.41, 5.74) is 5.55. The number of hydrogen-bond donors (Lipinski definition) is 2. The molecule has 2 saturated heterocycles. The van der Waals surface area contributed by atoms with E-state index in [1.807, 2.05) is 0 Å². The van der Waals surface area contributed by atoms with Crippen molar-refractivity contribution < 1.29 is 0 Å². The number of rotatable bonds is 3. The first-order chi connectivity index (χ1) is 6.90. The summed E-state index contributed by atoms with van der Waals surface area (Å²) in [5.74, 6) is 0. The highest BCUT2D eigenvalue weighted by Gasteiger charge is 2.25. The molecule has 0 spiro atoms. The van der Waals surface area contributed by atoms with Crippen molar-refractivity contribution in [2.45, 2.75) is 12.5 Å². The maximum absolute atomic E-state index is 5.55. The first kappa shape index (κ1) is 13.2. The molecule has 2 heterocycles. The molecular weight excluding hydrogens is 212 g/mol. The van der Waals surface area contributed by atoms with Crippen LogP contribution in [0.5, 0.6) is 0 Å². The third-order valence-electron chi connectivity index (χ3n) is 3.40. The Hall–Kier alpha value is 0.130. The van der Waals surface area contributed by atoms with E-state index in [9.17, 15) is 0 Å². The second kappa shape index (κ2) is 6.66. The van der Waals surface area contributed by atoms with Gasteiger partial charge in [-0.3, -0.25) is 9.80 Å². The van der Waals surface area contributed by atoms with Crippen molar-refractivity contribution in [2.75, 3.05) is 52.4 Å². The van der Waals surface area contributed by atoms with E-state index in [1.165, 1.54) is 45.7 Å². The van der Waals surface area contributed by atoms with Gasteiger partial charge in [-0.05, 0) is 13.0 Å². The average molecular weight is 235 g/mol. The van der Waals surface area contributed by atoms with E-state index in [0.29, 0.717) is 0 Å². The summed E-state index contributed by atoms with van der Waals surface area (Å²) in [6.07, 6.45) is 1.33. The molecule has 2 rings (SSSR count). The van der Waals surface area contributed by atoms with Crippen molar-refractivity contribution in [1.29, 1.82) is 0 Å². The van der Waals surface area contributed by atoms with Gasteiger partial charge in [0.2, 0.25) is 0 Å². The summed E-state index contributed by atoms with van der Waals surface area (Å²) < 4.78 is 0. The van der Waals surface area contributed by atoms with Crippen LogP contribution in [0.4, 0.5) is 0 Å². The number of piperazine rings is 1. The molecule has 0 aliphatic carbocycles. The van der Waals surface area contributed by atoms with Crippen LogP contribution in [0.2, 0.25) is 0 Å². The van der Waals surface area contributed by atoms with Crippen molar-refractivity contribution in [1.82, 2.24) is 15.1 Å². The topological polar surface area (TPSA) is 44.5 Å². The lowest BCUT2D eigenvalue weighted by Gasteiger charge is -2.37. The molecule has 0 saturated carbocycles. The summed E-state index contributed by atoms with van der Waals surface area (Å²) in [4.78, 5) is 5.10. The van der Waals surface area contributed by atoms with Crippen molar-refractivity contribution >= 4 is 12.4 Å². The Morgan fingerprint density at radius 2 is 1.93 bits per heavy atom. The largest absolute Gasteiger partial charge is 0.329 e. The van der Waals surface area contributed by atoms with Crippen molar-refractivity contribution in [3.05, 3.63) is 0 Å². The van der Waals surface area contributed by atoms with E-state index in [-0.39, 0.29) is 12.4 Å². The van der Waals surface area contributed by atoms with Gasteiger partial charge >= 0.3 is 0 Å². The predicted molar refractivity (Wildman–Crippen MR) is 65.6 cm³/mol. The molecule has 3 N–H and O–H groups in total. The lowest BCUT2D eigenvalue weighted by Crippen LogP contribution is -2.51. The molecule has 0 amide bonds. The van der Waals surface area contributed by atoms with Gasteiger partial charge in [-0.1, -0.05) is 0 Å². The minimum Gasteiger partial charge on any atom is -0.329 e. The van der Waals surface area contributed by atoms with Crippen LogP contribution in [-0.4, -0.2) is 68.2 Å². The van der Waals surface area contributed by atoms with Crippen LogP contribution in [0.25, 0.3) is 0 Å². The maximum atomic E-state index is 5.55. The van der Waals surface area contributed by atoms with Gasteiger partial charge in [-0.15, -0.1) is 12.4 Å². The molecule has 90 valence electrons. The molecule has 5 heteroatoms. The van der Waals surface area contributed by atoms with Gasteiger partial charge in [0, 0.05) is 51.9 Å². The molecule has 2 aliphatic rings. The first-order valence-electron chi connectivity index (χ1n) is 5.77. The number of nitrogens with two attached hydrogens (primary N) is 1. The summed E-state index contributed by atoms with van der Waals surface area (Å²) in [5, 5.41) is 3.43. The minimum absolute atomic E-state index is 0. The van der Waals surface area contributed by atoms with Gasteiger partial charge in [0.15, 0.2) is 0 Å². The molecular formula is C10H23ClN4. The van der Waals surface area contributed by atoms with Gasteiger partial charge in [0.05, 0.1) is 0 Å². The summed E-state index contributed by atoms with van der Waals surface area (Å²) in [6, 6.07) is 0.801. The van der Waals surface area contributed by atoms with E-state index in [4.69, 9.17) is 5.73 Å². The van der Waals surface area contributed by atoms with Gasteiger partial charge < -0.3 is 11.1 Å². The second-order valence-electron chi connectivity index (χ2n) is 4.31. The predicted octanol–water partition coefficient (Wildman–Crippen LogP) is -0.654. The molecule has 0 bridgehead atoms. The molecule has 2 fully saturated rings. The Morgan fingerprint density at radius 3 is 2.47 bits per heavy atom. The quantitative estimate of drug-likeness (QED) is 0.681. The van der Waals surface area contributed by atoms with Crippen molar-refractivity contribution in [2.24, 2.45) is 5.73 Å². The number of hydrogen-bond acceptors (Lipinski definition) is 4. The molecule has 0 radical (unpaired) electrons. The molecule has 0 aromatic rings. The summed E-state index contributed by atoms with van der Waals surface area (Å²) in [7, 11) is 0. The third-order valence-corrected chi connectivity index (χ3v) is 3.40. The Balaban J connectivity index is 0.00000112. The zero-order chi connectivity index (χ0) is 9.80. The maximum Gasteiger partial charge on any atom is 0.0233 e. The zero-order valence-electron chi connectivity index (χ0n) is 9.32. The molecule has 1 unspecified atom stereocenters. The van der Waals surface area contributed by atoms with Crippen LogP contribution in [-0.2, 0) is 0 Å². The van der Waals surface area contributed by atoms with E-state index >= 15 is 0 Å². The van der Waals surface area contributed by atoms with Gasteiger partial charge in [0.1, 0.15) is 0 Å². The molecule has 4 nitrogen and oxygen atoms in total. The SMILES string of the molecule is Cl.NCCN1CCN(C2CCNC2)CC1. The van der Waals surface area contributed by atoms with Crippen LogP contribution in [0.15, 0.2) is 0 Å². The third kappa shape index (κ3) is 3.57. The fraction of sp³-hybridized carbons (Fsp3) is 1.00. The van der Waals surface area contributed by atoms with E-state index < -0.39 is 0 Å². The minimum atomic E-state index is 0. The Morgan fingerprint density at radius 1 is 1.20 bits per heavy atom. The number of nitrogens with one attached hydrogen (secondary N) is 1. The first-order valence-corrected chi connectivity index (χ1v) is 5.77. The van der Waals surface area contributed by atoms with Crippen LogP contribution in [0.3, 0.4) is 0 Å². The van der Waals surface area contributed by atoms with Crippen LogP contribution < -0.4 is 11.1 Å². The Bertz CT molecular complexity index is 165. The lowest BCUT2D eigenvalue weighted by atomic mass is 10.2. The van der Waals surface area contributed by atoms with Crippen molar-refractivity contribution in [3.63, 3.8) is 0 Å². The fourth-order valence-corrected chi connectivity index (χ4v) is 2.49. The smallest absolute Gasteiger partial charge is 0.0233 e. The Kier molecular flexibility index (Phi) is 5.86. The number of halogens is 1. The molecule has 2 aliphatic heterocycles. The lowest BCUT2D eigenvalue weighted by molar-refractivity contribution is 0.105. The zero-order valence-corrected chi connectivity index (χ0v) is 10.1. The standard InChI is InChI=1S/C10H22N4.ClH/c11-2-4-13-5-7-14(8-6-13)10-1-3-12-9-10;/h10,12H,1-9,11H2;1H. The fourth-order valence-electron chi connectivity index (χ4n) is 2.49. The van der Waals surface area contributed by atoms with Crippen LogP contribution in [0, 0.1) is 0 Å². The summed E-state index contributed by atoms with van der Waals surface area (Å²) >= 11 is 0. The van der Waals surface area contributed by atoms with Gasteiger partial charge in [-0.25, -0.2) is 0 Å². The average Bonchev–Trinajstić information content (AvgIpc) is 2.72. The normalized spacial score (nSPS) is 29.0. The molecule has 1 atom stereocenters. The highest BCUT2D eigenvalue weighted by molar-refractivity contribution is 5.85. The van der Waals surface area contributed by atoms with Gasteiger partial charge in [-0.2, -0.15) is 0 Å². The van der Waals surface area contributed by atoms with E-state index in [0.717, 1.165) is 19.1 Å². The van der Waals surface area contributed by atoms with Crippen LogP contribution >= 0.6 is 12.4 Å².